The van der Waals surface area contributed by atoms with E-state index in [2.05, 4.69) is 15.3 Å². The molecule has 10 heteroatoms. The first-order valence-corrected chi connectivity index (χ1v) is 13.4. The molecule has 210 valence electrons. The average Bonchev–Trinajstić information content (AvgIpc) is 3.37. The highest BCUT2D eigenvalue weighted by Gasteiger charge is 2.40. The Morgan fingerprint density at radius 3 is 2.51 bits per heavy atom. The molecule has 2 heterocycles. The largest absolute Gasteiger partial charge is 0.497 e. The van der Waals surface area contributed by atoms with Gasteiger partial charge in [-0.2, -0.15) is 0 Å². The van der Waals surface area contributed by atoms with Crippen molar-refractivity contribution >= 4 is 29.1 Å². The Morgan fingerprint density at radius 2 is 1.78 bits per heavy atom. The molecule has 0 saturated carbocycles. The number of aryl methyl sites for hydroxylation is 1. The third kappa shape index (κ3) is 6.20. The minimum Gasteiger partial charge on any atom is -0.497 e. The fourth-order valence-corrected chi connectivity index (χ4v) is 5.14. The summed E-state index contributed by atoms with van der Waals surface area (Å²) in [5.41, 5.74) is 2.71. The van der Waals surface area contributed by atoms with Crippen LogP contribution in [0, 0.1) is 12.7 Å². The summed E-state index contributed by atoms with van der Waals surface area (Å²) < 4.78 is 35.4. The molecule has 1 aliphatic rings. The van der Waals surface area contributed by atoms with Crippen LogP contribution in [-0.4, -0.2) is 52.6 Å². The van der Waals surface area contributed by atoms with Crippen LogP contribution in [0.2, 0.25) is 5.02 Å². The second kappa shape index (κ2) is 12.0. The van der Waals surface area contributed by atoms with Crippen molar-refractivity contribution in [2.45, 2.75) is 32.0 Å². The van der Waals surface area contributed by atoms with Crippen molar-refractivity contribution < 1.29 is 23.1 Å². The van der Waals surface area contributed by atoms with Gasteiger partial charge in [0.1, 0.15) is 23.8 Å². The number of hydrogen-bond donors (Lipinski definition) is 1. The molecule has 2 unspecified atom stereocenters. The fourth-order valence-electron chi connectivity index (χ4n) is 4.91. The van der Waals surface area contributed by atoms with E-state index in [4.69, 9.17) is 16.3 Å². The maximum absolute atomic E-state index is 15.4. The van der Waals surface area contributed by atoms with Gasteiger partial charge >= 0.3 is 0 Å². The lowest BCUT2D eigenvalue weighted by atomic mass is 10.0. The highest BCUT2D eigenvalue weighted by Crippen LogP contribution is 2.33. The van der Waals surface area contributed by atoms with E-state index in [1.807, 2.05) is 6.07 Å². The van der Waals surface area contributed by atoms with Crippen molar-refractivity contribution in [3.63, 3.8) is 0 Å². The number of nitrogens with one attached hydrogen (secondary N) is 1. The van der Waals surface area contributed by atoms with Crippen molar-refractivity contribution in [2.24, 2.45) is 0 Å². The highest BCUT2D eigenvalue weighted by molar-refractivity contribution is 6.33. The van der Waals surface area contributed by atoms with E-state index < -0.39 is 29.8 Å². The first-order valence-electron chi connectivity index (χ1n) is 13.0. The minimum absolute atomic E-state index is 0.0834. The van der Waals surface area contributed by atoms with E-state index in [0.717, 1.165) is 11.1 Å². The van der Waals surface area contributed by atoms with E-state index in [1.165, 1.54) is 18.1 Å². The molecule has 1 N–H and O–H groups in total. The number of amides is 2. The van der Waals surface area contributed by atoms with E-state index in [1.54, 1.807) is 67.8 Å². The molecule has 41 heavy (non-hydrogen) atoms. The van der Waals surface area contributed by atoms with Gasteiger partial charge in [0.15, 0.2) is 5.82 Å². The zero-order chi connectivity index (χ0) is 29.1. The number of nitrogens with zero attached hydrogens (tertiary/aromatic N) is 3. The summed E-state index contributed by atoms with van der Waals surface area (Å²) in [5.74, 6) is -0.627. The van der Waals surface area contributed by atoms with E-state index in [0.29, 0.717) is 27.7 Å². The molecule has 0 spiro atoms. The van der Waals surface area contributed by atoms with Gasteiger partial charge in [-0.3, -0.25) is 9.59 Å². The summed E-state index contributed by atoms with van der Waals surface area (Å²) in [6, 6.07) is 15.6. The van der Waals surface area contributed by atoms with Gasteiger partial charge in [-0.25, -0.2) is 18.7 Å². The first kappa shape index (κ1) is 28.2. The Hall–Kier alpha value is -4.37. The van der Waals surface area contributed by atoms with Crippen molar-refractivity contribution in [2.75, 3.05) is 19.0 Å². The molecule has 0 aliphatic carbocycles. The van der Waals surface area contributed by atoms with E-state index in [9.17, 15) is 14.0 Å². The van der Waals surface area contributed by atoms with Crippen LogP contribution in [0.15, 0.2) is 73.1 Å². The van der Waals surface area contributed by atoms with Gasteiger partial charge in [-0.05, 0) is 42.3 Å². The summed E-state index contributed by atoms with van der Waals surface area (Å²) in [6.45, 7) is 1.55. The number of anilines is 1. The lowest BCUT2D eigenvalue weighted by Crippen LogP contribution is -2.44. The van der Waals surface area contributed by atoms with Crippen molar-refractivity contribution in [3.8, 4) is 28.0 Å². The summed E-state index contributed by atoms with van der Waals surface area (Å²) in [7, 11) is 1.52. The molecule has 7 nitrogen and oxygen atoms in total. The fraction of sp³-hybridized carbons (Fsp3) is 0.226. The number of rotatable bonds is 7. The van der Waals surface area contributed by atoms with Crippen LogP contribution in [0.5, 0.6) is 5.75 Å². The normalized spacial score (nSPS) is 16.5. The van der Waals surface area contributed by atoms with Gasteiger partial charge in [0.25, 0.3) is 0 Å². The zero-order valence-electron chi connectivity index (χ0n) is 22.4. The molecular formula is C31H27ClF2N4O3. The number of carbonyl (C=O) groups excluding carboxylic acids is 2. The first-order chi connectivity index (χ1) is 19.7. The molecule has 1 saturated heterocycles. The number of hydrogen-bond acceptors (Lipinski definition) is 5. The van der Waals surface area contributed by atoms with E-state index >= 15 is 4.39 Å². The number of methoxy groups -OCH3 is 1. The Morgan fingerprint density at radius 1 is 1.05 bits per heavy atom. The second-order valence-electron chi connectivity index (χ2n) is 9.80. The maximum Gasteiger partial charge on any atom is 0.247 e. The third-order valence-corrected chi connectivity index (χ3v) is 7.29. The predicted molar refractivity (Wildman–Crippen MR) is 153 cm³/mol. The lowest BCUT2D eigenvalue weighted by Gasteiger charge is -2.24. The summed E-state index contributed by atoms with van der Waals surface area (Å²) in [4.78, 5) is 36.3. The number of likely N-dealkylation sites (tertiary alicyclic amines) is 1. The second-order valence-corrected chi connectivity index (χ2v) is 10.2. The van der Waals surface area contributed by atoms with Gasteiger partial charge in [0.2, 0.25) is 11.8 Å². The molecule has 0 radical (unpaired) electrons. The Bertz CT molecular complexity index is 1600. The lowest BCUT2D eigenvalue weighted by molar-refractivity contribution is -0.136. The highest BCUT2D eigenvalue weighted by atomic mass is 35.5. The van der Waals surface area contributed by atoms with Crippen LogP contribution in [0.3, 0.4) is 0 Å². The smallest absolute Gasteiger partial charge is 0.247 e. The molecule has 1 aromatic heterocycles. The molecule has 2 atom stereocenters. The van der Waals surface area contributed by atoms with Gasteiger partial charge in [-0.1, -0.05) is 48.0 Å². The molecule has 1 aliphatic heterocycles. The van der Waals surface area contributed by atoms with Crippen molar-refractivity contribution in [1.29, 1.82) is 0 Å². The summed E-state index contributed by atoms with van der Waals surface area (Å²) in [5, 5.41) is 2.91. The average molecular weight is 577 g/mol. The number of ether oxygens (including phenoxy) is 1. The Balaban J connectivity index is 1.35. The number of halogens is 3. The molecule has 5 rings (SSSR count). The Labute approximate surface area is 241 Å². The van der Waals surface area contributed by atoms with Crippen molar-refractivity contribution in [3.05, 3.63) is 95.3 Å². The summed E-state index contributed by atoms with van der Waals surface area (Å²) in [6.07, 6.45) is 1.69. The van der Waals surface area contributed by atoms with Crippen LogP contribution in [0.4, 0.5) is 14.5 Å². The van der Waals surface area contributed by atoms with Gasteiger partial charge in [-0.15, -0.1) is 0 Å². The van der Waals surface area contributed by atoms with Gasteiger partial charge in [0.05, 0.1) is 25.8 Å². The topological polar surface area (TPSA) is 84.4 Å². The van der Waals surface area contributed by atoms with Gasteiger partial charge in [0, 0.05) is 40.5 Å². The number of benzene rings is 3. The standard InChI is InChI=1S/C31H27ClF2N4O3/c1-18-35-15-21(16-36-18)20-10-19(11-23(13-20)41-2)12-29(39)38-17-22(33)14-28(38)31(40)37-27-9-5-7-25(30(27)34)24-6-3-4-8-26(24)32/h3-11,13,15-16,22,28H,12,14,17H2,1-2H3,(H,37,40). The van der Waals surface area contributed by atoms with Gasteiger partial charge < -0.3 is 15.0 Å². The predicted octanol–water partition coefficient (Wildman–Crippen LogP) is 6.04. The van der Waals surface area contributed by atoms with Crippen LogP contribution < -0.4 is 10.1 Å². The van der Waals surface area contributed by atoms with Crippen LogP contribution in [0.25, 0.3) is 22.3 Å². The SMILES string of the molecule is COc1cc(CC(=O)N2CC(F)CC2C(=O)Nc2cccc(-c3ccccc3Cl)c2F)cc(-c2cnc(C)nc2)c1. The maximum atomic E-state index is 15.4. The molecular weight excluding hydrogens is 550 g/mol. The quantitative estimate of drug-likeness (QED) is 0.290. The molecule has 0 bridgehead atoms. The molecule has 2 amide bonds. The van der Waals surface area contributed by atoms with Crippen LogP contribution in [0.1, 0.15) is 17.8 Å². The Kier molecular flexibility index (Phi) is 8.26. The third-order valence-electron chi connectivity index (χ3n) is 6.97. The number of alkyl halides is 1. The molecule has 3 aromatic carbocycles. The minimum atomic E-state index is -1.39. The molecule has 4 aromatic rings. The molecule has 1 fully saturated rings. The summed E-state index contributed by atoms with van der Waals surface area (Å²) >= 11 is 6.24. The van der Waals surface area contributed by atoms with Crippen LogP contribution >= 0.6 is 11.6 Å². The van der Waals surface area contributed by atoms with E-state index in [-0.39, 0.29) is 30.6 Å². The van der Waals surface area contributed by atoms with Crippen LogP contribution in [-0.2, 0) is 16.0 Å². The zero-order valence-corrected chi connectivity index (χ0v) is 23.2. The number of carbonyl (C=O) groups is 2. The van der Waals surface area contributed by atoms with Crippen molar-refractivity contribution in [1.82, 2.24) is 14.9 Å². The number of aromatic nitrogens is 2. The monoisotopic (exact) mass is 576 g/mol.